The van der Waals surface area contributed by atoms with E-state index in [0.717, 1.165) is 20.8 Å². The number of rotatable bonds is 6. The highest BCUT2D eigenvalue weighted by Crippen LogP contribution is 2.26. The third-order valence-electron chi connectivity index (χ3n) is 4.18. The number of fused-ring (bicyclic) bond motifs is 1. The summed E-state index contributed by atoms with van der Waals surface area (Å²) >= 11 is 8.70. The molecule has 3 aromatic heterocycles. The van der Waals surface area contributed by atoms with Crippen LogP contribution in [0.4, 0.5) is 0 Å². The Morgan fingerprint density at radius 1 is 1.41 bits per heavy atom. The minimum Gasteiger partial charge on any atom is -0.351 e. The Balaban J connectivity index is 1.59. The summed E-state index contributed by atoms with van der Waals surface area (Å²) in [5.74, 6) is 0.958. The van der Waals surface area contributed by atoms with Gasteiger partial charge in [0.15, 0.2) is 0 Å². The number of nitrogens with zero attached hydrogens (tertiary/aromatic N) is 2. The fourth-order valence-corrected chi connectivity index (χ4v) is 4.43. The molecule has 6 nitrogen and oxygen atoms in total. The number of halogens is 1. The van der Waals surface area contributed by atoms with Crippen LogP contribution in [-0.2, 0) is 17.1 Å². The molecule has 1 unspecified atom stereocenters. The number of hydrogen-bond donors (Lipinski definition) is 2. The lowest BCUT2D eigenvalue weighted by Gasteiger charge is -2.11. The molecule has 142 valence electrons. The van der Waals surface area contributed by atoms with Crippen LogP contribution in [0.25, 0.3) is 10.2 Å². The predicted molar refractivity (Wildman–Crippen MR) is 112 cm³/mol. The summed E-state index contributed by atoms with van der Waals surface area (Å²) < 4.78 is 0. The second kappa shape index (κ2) is 8.41. The Hall–Kier alpha value is -1.90. The van der Waals surface area contributed by atoms with E-state index in [1.165, 1.54) is 23.1 Å². The van der Waals surface area contributed by atoms with Gasteiger partial charge in [0.25, 0.3) is 5.56 Å². The van der Waals surface area contributed by atoms with Crippen molar-refractivity contribution < 1.29 is 4.79 Å². The number of carbonyl (C=O) groups is 1. The van der Waals surface area contributed by atoms with E-state index in [0.29, 0.717) is 28.7 Å². The van der Waals surface area contributed by atoms with Crippen LogP contribution >= 0.6 is 34.7 Å². The third kappa shape index (κ3) is 4.69. The van der Waals surface area contributed by atoms with Crippen molar-refractivity contribution in [1.82, 2.24) is 20.3 Å². The van der Waals surface area contributed by atoms with Gasteiger partial charge in [0.1, 0.15) is 15.8 Å². The molecule has 3 heterocycles. The quantitative estimate of drug-likeness (QED) is 0.592. The first-order chi connectivity index (χ1) is 12.8. The molecule has 9 heteroatoms. The Morgan fingerprint density at radius 3 is 2.89 bits per heavy atom. The Morgan fingerprint density at radius 2 is 2.19 bits per heavy atom. The van der Waals surface area contributed by atoms with Gasteiger partial charge in [-0.25, -0.2) is 9.97 Å². The number of aromatic nitrogens is 3. The molecule has 0 aromatic carbocycles. The Labute approximate surface area is 169 Å². The van der Waals surface area contributed by atoms with Gasteiger partial charge in [-0.2, -0.15) is 0 Å². The van der Waals surface area contributed by atoms with Crippen molar-refractivity contribution in [2.75, 3.05) is 0 Å². The number of H-pyrrole nitrogens is 1. The SMILES string of the molecule is Cc1sc2nc(CSC(C)C(=O)NCc3ccc(Cl)nc3)[nH]c(=O)c2c1C. The van der Waals surface area contributed by atoms with E-state index in [4.69, 9.17) is 11.6 Å². The normalized spacial score (nSPS) is 12.3. The van der Waals surface area contributed by atoms with Gasteiger partial charge in [0, 0.05) is 17.6 Å². The van der Waals surface area contributed by atoms with Crippen LogP contribution < -0.4 is 10.9 Å². The molecule has 0 radical (unpaired) electrons. The molecule has 0 saturated heterocycles. The maximum atomic E-state index is 12.3. The average Bonchev–Trinajstić information content (AvgIpc) is 2.93. The molecule has 1 atom stereocenters. The van der Waals surface area contributed by atoms with Crippen LogP contribution in [0.1, 0.15) is 28.8 Å². The smallest absolute Gasteiger partial charge is 0.259 e. The lowest BCUT2D eigenvalue weighted by atomic mass is 10.2. The number of nitrogens with one attached hydrogen (secondary N) is 2. The van der Waals surface area contributed by atoms with Crippen LogP contribution in [0.2, 0.25) is 5.15 Å². The first-order valence-electron chi connectivity index (χ1n) is 8.33. The van der Waals surface area contributed by atoms with Gasteiger partial charge >= 0.3 is 0 Å². The Bertz CT molecular complexity index is 1030. The molecular formula is C18H19ClN4O2S2. The number of pyridine rings is 1. The molecule has 0 aliphatic carbocycles. The van der Waals surface area contributed by atoms with E-state index in [2.05, 4.69) is 20.3 Å². The van der Waals surface area contributed by atoms with Crippen molar-refractivity contribution in [3.05, 3.63) is 55.7 Å². The van der Waals surface area contributed by atoms with Crippen molar-refractivity contribution in [3.8, 4) is 0 Å². The monoisotopic (exact) mass is 422 g/mol. The maximum Gasteiger partial charge on any atom is 0.259 e. The molecule has 0 spiro atoms. The Kier molecular flexibility index (Phi) is 6.18. The summed E-state index contributed by atoms with van der Waals surface area (Å²) in [7, 11) is 0. The van der Waals surface area contributed by atoms with Crippen LogP contribution in [-0.4, -0.2) is 26.1 Å². The van der Waals surface area contributed by atoms with Crippen molar-refractivity contribution in [3.63, 3.8) is 0 Å². The van der Waals surface area contributed by atoms with E-state index in [1.54, 1.807) is 12.3 Å². The van der Waals surface area contributed by atoms with Crippen molar-refractivity contribution in [2.24, 2.45) is 0 Å². The molecule has 3 rings (SSSR count). The van der Waals surface area contributed by atoms with Crippen LogP contribution in [0.15, 0.2) is 23.1 Å². The number of carbonyl (C=O) groups excluding carboxylic acids is 1. The van der Waals surface area contributed by atoms with Gasteiger partial charge in [-0.05, 0) is 38.0 Å². The van der Waals surface area contributed by atoms with Crippen molar-refractivity contribution >= 4 is 50.8 Å². The second-order valence-electron chi connectivity index (χ2n) is 6.14. The molecular weight excluding hydrogens is 404 g/mol. The number of hydrogen-bond acceptors (Lipinski definition) is 6. The number of thioether (sulfide) groups is 1. The molecule has 0 aliphatic rings. The van der Waals surface area contributed by atoms with Gasteiger partial charge in [-0.3, -0.25) is 9.59 Å². The summed E-state index contributed by atoms with van der Waals surface area (Å²) in [4.78, 5) is 37.8. The first-order valence-corrected chi connectivity index (χ1v) is 10.6. The molecule has 0 bridgehead atoms. The zero-order valence-corrected chi connectivity index (χ0v) is 17.5. The van der Waals surface area contributed by atoms with Gasteiger partial charge in [0.05, 0.1) is 16.4 Å². The molecule has 2 N–H and O–H groups in total. The van der Waals surface area contributed by atoms with Crippen LogP contribution in [0.3, 0.4) is 0 Å². The molecule has 27 heavy (non-hydrogen) atoms. The zero-order chi connectivity index (χ0) is 19.6. The standard InChI is InChI=1S/C18H19ClN4O2S2/c1-9-10(2)27-18-15(9)17(25)22-14(23-18)8-26-11(3)16(24)21-7-12-4-5-13(19)20-6-12/h4-6,11H,7-8H2,1-3H3,(H,21,24)(H,22,23,25). The lowest BCUT2D eigenvalue weighted by molar-refractivity contribution is -0.120. The molecule has 1 amide bonds. The summed E-state index contributed by atoms with van der Waals surface area (Å²) in [5.41, 5.74) is 1.74. The summed E-state index contributed by atoms with van der Waals surface area (Å²) in [6, 6.07) is 3.51. The van der Waals surface area contributed by atoms with E-state index in [1.807, 2.05) is 26.8 Å². The highest BCUT2D eigenvalue weighted by Gasteiger charge is 2.16. The first kappa shape index (κ1) is 19.9. The molecule has 0 saturated carbocycles. The minimum absolute atomic E-state index is 0.0822. The lowest BCUT2D eigenvalue weighted by Crippen LogP contribution is -2.30. The fraction of sp³-hybridized carbons (Fsp3) is 0.333. The van der Waals surface area contributed by atoms with Gasteiger partial charge in [-0.1, -0.05) is 17.7 Å². The number of amides is 1. The largest absolute Gasteiger partial charge is 0.351 e. The van der Waals surface area contributed by atoms with E-state index in [9.17, 15) is 9.59 Å². The summed E-state index contributed by atoms with van der Waals surface area (Å²) in [6.07, 6.45) is 1.63. The van der Waals surface area contributed by atoms with E-state index in [-0.39, 0.29) is 16.7 Å². The van der Waals surface area contributed by atoms with E-state index >= 15 is 0 Å². The molecule has 0 fully saturated rings. The van der Waals surface area contributed by atoms with Crippen LogP contribution in [0, 0.1) is 13.8 Å². The summed E-state index contributed by atoms with van der Waals surface area (Å²) in [6.45, 7) is 6.14. The topological polar surface area (TPSA) is 87.7 Å². The van der Waals surface area contributed by atoms with Crippen molar-refractivity contribution in [2.45, 2.75) is 38.3 Å². The third-order valence-corrected chi connectivity index (χ3v) is 6.66. The number of aryl methyl sites for hydroxylation is 2. The minimum atomic E-state index is -0.280. The summed E-state index contributed by atoms with van der Waals surface area (Å²) in [5, 5.41) is 3.67. The maximum absolute atomic E-state index is 12.3. The number of thiophene rings is 1. The van der Waals surface area contributed by atoms with Crippen LogP contribution in [0.5, 0.6) is 0 Å². The van der Waals surface area contributed by atoms with Gasteiger partial charge < -0.3 is 10.3 Å². The average molecular weight is 423 g/mol. The highest BCUT2D eigenvalue weighted by molar-refractivity contribution is 7.99. The highest BCUT2D eigenvalue weighted by atomic mass is 35.5. The second-order valence-corrected chi connectivity index (χ2v) is 9.06. The van der Waals surface area contributed by atoms with Crippen molar-refractivity contribution in [1.29, 1.82) is 0 Å². The number of aromatic amines is 1. The van der Waals surface area contributed by atoms with E-state index < -0.39 is 0 Å². The predicted octanol–water partition coefficient (Wildman–Crippen LogP) is 3.59. The molecule has 0 aliphatic heterocycles. The fourth-order valence-electron chi connectivity index (χ4n) is 2.49. The zero-order valence-electron chi connectivity index (χ0n) is 15.1. The van der Waals surface area contributed by atoms with Gasteiger partial charge in [-0.15, -0.1) is 23.1 Å². The van der Waals surface area contributed by atoms with Gasteiger partial charge in [0.2, 0.25) is 5.91 Å². The molecule has 3 aromatic rings.